The average molecular weight is 795 g/mol. The van der Waals surface area contributed by atoms with Gasteiger partial charge in [0, 0.05) is 47.5 Å². The van der Waals surface area contributed by atoms with Crippen molar-refractivity contribution in [3.63, 3.8) is 0 Å². The van der Waals surface area contributed by atoms with Gasteiger partial charge in [-0.05, 0) is 73.5 Å². The molecule has 3 aromatic carbocycles. The fraction of sp³-hybridized carbons (Fsp3) is 0.0833. The molecular weight excluding hydrogens is 768 g/mol. The number of hydrogen-bond acceptors (Lipinski definition) is 10. The van der Waals surface area contributed by atoms with E-state index >= 15 is 0 Å². The van der Waals surface area contributed by atoms with Gasteiger partial charge in [-0.15, -0.1) is 35.1 Å². The zero-order valence-electron chi connectivity index (χ0n) is 28.0. The standard InChI is InChI=1S/C22H14F4N4O2S.C14H12N4OS.ClH/c1-11-5-6-12(29-19(31)13-3-2-4-14(18(13)23)22(24,25)26)9-15(11)30-20(32)17-10-16-21(33-17)28-8-7-27-16;1-8-2-3-9(15)6-10(8)18-13(19)12-7-11-14(20-12)17-5-4-16-11;/h2-10H,1H3,(H,29,31)(H,30,32);2-7H,15H2,1H3,(H,18,19);1H. The van der Waals surface area contributed by atoms with Crippen LogP contribution in [0.1, 0.15) is 46.4 Å². The number of nitrogens with one attached hydrogen (secondary N) is 3. The van der Waals surface area contributed by atoms with Crippen LogP contribution in [-0.4, -0.2) is 37.7 Å². The number of hydrogen-bond donors (Lipinski definition) is 4. The number of rotatable bonds is 6. The summed E-state index contributed by atoms with van der Waals surface area (Å²) in [4.78, 5) is 56.3. The number of thiophene rings is 2. The van der Waals surface area contributed by atoms with Gasteiger partial charge >= 0.3 is 6.18 Å². The third kappa shape index (κ3) is 8.94. The number of anilines is 4. The number of amides is 3. The minimum absolute atomic E-state index is 0. The van der Waals surface area contributed by atoms with Gasteiger partial charge < -0.3 is 21.7 Å². The summed E-state index contributed by atoms with van der Waals surface area (Å²) in [7, 11) is 0. The van der Waals surface area contributed by atoms with Gasteiger partial charge in [-0.2, -0.15) is 13.2 Å². The van der Waals surface area contributed by atoms with Gasteiger partial charge in [-0.3, -0.25) is 24.4 Å². The molecule has 0 bridgehead atoms. The maximum atomic E-state index is 14.3. The molecule has 18 heteroatoms. The highest BCUT2D eigenvalue weighted by molar-refractivity contribution is 7.20. The number of halogens is 5. The maximum Gasteiger partial charge on any atom is 0.419 e. The first-order valence-electron chi connectivity index (χ1n) is 15.4. The molecule has 4 heterocycles. The highest BCUT2D eigenvalue weighted by atomic mass is 35.5. The van der Waals surface area contributed by atoms with Crippen molar-refractivity contribution in [1.29, 1.82) is 0 Å². The molecule has 0 fully saturated rings. The second-order valence-corrected chi connectivity index (χ2v) is 13.4. The molecule has 54 heavy (non-hydrogen) atoms. The lowest BCUT2D eigenvalue weighted by molar-refractivity contribution is -0.140. The number of benzene rings is 3. The molecule has 4 aromatic heterocycles. The molecule has 0 radical (unpaired) electrons. The van der Waals surface area contributed by atoms with E-state index in [2.05, 4.69) is 35.9 Å². The van der Waals surface area contributed by atoms with Crippen LogP contribution in [0.15, 0.2) is 91.5 Å². The smallest absolute Gasteiger partial charge is 0.399 e. The van der Waals surface area contributed by atoms with Gasteiger partial charge in [0.2, 0.25) is 0 Å². The van der Waals surface area contributed by atoms with E-state index < -0.39 is 34.9 Å². The first-order valence-corrected chi connectivity index (χ1v) is 17.1. The van der Waals surface area contributed by atoms with Crippen molar-refractivity contribution < 1.29 is 31.9 Å². The van der Waals surface area contributed by atoms with E-state index in [1.165, 1.54) is 35.9 Å². The molecule has 0 saturated heterocycles. The Labute approximate surface area is 318 Å². The van der Waals surface area contributed by atoms with Crippen molar-refractivity contribution in [2.75, 3.05) is 21.7 Å². The van der Waals surface area contributed by atoms with E-state index in [4.69, 9.17) is 5.73 Å². The number of aromatic nitrogens is 4. The molecule has 0 aliphatic carbocycles. The molecular formula is C36H27ClF4N8O3S2. The van der Waals surface area contributed by atoms with Crippen LogP contribution in [0.25, 0.3) is 20.7 Å². The fourth-order valence-corrected chi connectivity index (χ4v) is 6.57. The Balaban J connectivity index is 0.000000228. The van der Waals surface area contributed by atoms with Crippen LogP contribution in [0.5, 0.6) is 0 Å². The average Bonchev–Trinajstić information content (AvgIpc) is 3.76. The second-order valence-electron chi connectivity index (χ2n) is 11.3. The Morgan fingerprint density at radius 1 is 0.667 bits per heavy atom. The molecule has 7 rings (SSSR count). The summed E-state index contributed by atoms with van der Waals surface area (Å²) in [6.07, 6.45) is 1.32. The predicted octanol–water partition coefficient (Wildman–Crippen LogP) is 8.92. The zero-order chi connectivity index (χ0) is 37.9. The first kappa shape index (κ1) is 39.2. The number of fused-ring (bicyclic) bond motifs is 2. The summed E-state index contributed by atoms with van der Waals surface area (Å²) in [5.74, 6) is -3.31. The summed E-state index contributed by atoms with van der Waals surface area (Å²) >= 11 is 2.48. The Hall–Kier alpha value is -6.04. The van der Waals surface area contributed by atoms with Gasteiger partial charge in [0.1, 0.15) is 26.5 Å². The van der Waals surface area contributed by atoms with Crippen LogP contribution in [0.2, 0.25) is 0 Å². The van der Waals surface area contributed by atoms with Crippen LogP contribution in [-0.2, 0) is 6.18 Å². The van der Waals surface area contributed by atoms with Crippen molar-refractivity contribution >= 4 is 96.2 Å². The topological polar surface area (TPSA) is 165 Å². The number of carbonyl (C=O) groups excluding carboxylic acids is 3. The summed E-state index contributed by atoms with van der Waals surface area (Å²) in [6.45, 7) is 3.64. The Morgan fingerprint density at radius 3 is 1.72 bits per heavy atom. The minimum Gasteiger partial charge on any atom is -0.399 e. The van der Waals surface area contributed by atoms with Gasteiger partial charge in [0.25, 0.3) is 17.7 Å². The van der Waals surface area contributed by atoms with Crippen LogP contribution in [0.4, 0.5) is 40.3 Å². The van der Waals surface area contributed by atoms with E-state index in [0.717, 1.165) is 39.4 Å². The molecule has 0 aliphatic heterocycles. The highest BCUT2D eigenvalue weighted by Gasteiger charge is 2.35. The van der Waals surface area contributed by atoms with Crippen molar-refractivity contribution in [2.24, 2.45) is 0 Å². The molecule has 0 spiro atoms. The maximum absolute atomic E-state index is 14.3. The molecule has 276 valence electrons. The SMILES string of the molecule is Cc1ccc(N)cc1NC(=O)c1cc2nccnc2s1.Cc1ccc(NC(=O)c2cccc(C(F)(F)F)c2F)cc1NC(=O)c1cc2nccnc2s1.Cl. The predicted molar refractivity (Wildman–Crippen MR) is 204 cm³/mol. The molecule has 0 aliphatic rings. The van der Waals surface area contributed by atoms with Crippen molar-refractivity contribution in [2.45, 2.75) is 20.0 Å². The molecule has 0 unspecified atom stereocenters. The van der Waals surface area contributed by atoms with Gasteiger partial charge in [0.15, 0.2) is 0 Å². The van der Waals surface area contributed by atoms with Crippen LogP contribution in [0.3, 0.4) is 0 Å². The second kappa shape index (κ2) is 16.3. The highest BCUT2D eigenvalue weighted by Crippen LogP contribution is 2.33. The number of alkyl halides is 3. The lowest BCUT2D eigenvalue weighted by atomic mass is 10.1. The fourth-order valence-electron chi connectivity index (χ4n) is 4.87. The van der Waals surface area contributed by atoms with Crippen molar-refractivity contribution in [3.8, 4) is 0 Å². The summed E-state index contributed by atoms with van der Waals surface area (Å²) in [5, 5.41) is 7.95. The van der Waals surface area contributed by atoms with Crippen LogP contribution < -0.4 is 21.7 Å². The van der Waals surface area contributed by atoms with E-state index in [-0.39, 0.29) is 24.0 Å². The van der Waals surface area contributed by atoms with Crippen LogP contribution in [0, 0.1) is 19.7 Å². The van der Waals surface area contributed by atoms with E-state index in [0.29, 0.717) is 48.8 Å². The third-order valence-electron chi connectivity index (χ3n) is 7.58. The summed E-state index contributed by atoms with van der Waals surface area (Å²) in [5.41, 5.74) is 8.25. The summed E-state index contributed by atoms with van der Waals surface area (Å²) < 4.78 is 53.0. The molecule has 0 saturated carbocycles. The molecule has 7 aromatic rings. The van der Waals surface area contributed by atoms with Crippen molar-refractivity contribution in [3.05, 3.63) is 129 Å². The largest absolute Gasteiger partial charge is 0.419 e. The normalized spacial score (nSPS) is 10.9. The van der Waals surface area contributed by atoms with Crippen LogP contribution >= 0.6 is 35.1 Å². The van der Waals surface area contributed by atoms with E-state index in [9.17, 15) is 31.9 Å². The number of nitrogens with zero attached hydrogens (tertiary/aromatic N) is 4. The first-order chi connectivity index (χ1) is 25.3. The number of nitrogens with two attached hydrogens (primary N) is 1. The van der Waals surface area contributed by atoms with Crippen molar-refractivity contribution in [1.82, 2.24) is 19.9 Å². The number of carbonyl (C=O) groups is 3. The Bertz CT molecular complexity index is 2460. The lowest BCUT2D eigenvalue weighted by Crippen LogP contribution is -2.18. The number of aryl methyl sites for hydroxylation is 2. The van der Waals surface area contributed by atoms with E-state index in [1.54, 1.807) is 49.6 Å². The van der Waals surface area contributed by atoms with E-state index in [1.807, 2.05) is 13.0 Å². The summed E-state index contributed by atoms with van der Waals surface area (Å²) in [6, 6.07) is 15.8. The quantitative estimate of drug-likeness (QED) is 0.0957. The molecule has 0 atom stereocenters. The van der Waals surface area contributed by atoms with Gasteiger partial charge in [-0.25, -0.2) is 14.4 Å². The molecule has 3 amide bonds. The van der Waals surface area contributed by atoms with Gasteiger partial charge in [-0.1, -0.05) is 18.2 Å². The molecule has 11 nitrogen and oxygen atoms in total. The zero-order valence-corrected chi connectivity index (χ0v) is 30.4. The van der Waals surface area contributed by atoms with Gasteiger partial charge in [0.05, 0.1) is 20.9 Å². The number of nitrogen functional groups attached to an aromatic ring is 1. The Kier molecular flexibility index (Phi) is 11.8. The minimum atomic E-state index is -4.93. The Morgan fingerprint density at radius 2 is 1.19 bits per heavy atom. The lowest BCUT2D eigenvalue weighted by Gasteiger charge is -2.13. The monoisotopic (exact) mass is 794 g/mol. The molecule has 5 N–H and O–H groups in total. The third-order valence-corrected chi connectivity index (χ3v) is 9.64.